The molecule has 1 aromatic rings. The maximum atomic E-state index is 11.7. The first-order valence-corrected chi connectivity index (χ1v) is 6.04. The first-order valence-electron chi connectivity index (χ1n) is 6.04. The average molecular weight is 251 g/mol. The van der Waals surface area contributed by atoms with E-state index in [0.29, 0.717) is 12.1 Å². The van der Waals surface area contributed by atoms with E-state index in [9.17, 15) is 9.90 Å². The second-order valence-corrected chi connectivity index (χ2v) is 5.34. The highest BCUT2D eigenvalue weighted by Gasteiger charge is 2.17. The first-order chi connectivity index (χ1) is 8.28. The summed E-state index contributed by atoms with van der Waals surface area (Å²) in [6.07, 6.45) is -0.446. The number of rotatable bonds is 3. The highest BCUT2D eigenvalue weighted by atomic mass is 16.6. The molecule has 4 heteroatoms. The third-order valence-electron chi connectivity index (χ3n) is 2.17. The second kappa shape index (κ2) is 5.87. The number of nitrogens with one attached hydrogen (secondary N) is 1. The molecule has 0 aliphatic heterocycles. The van der Waals surface area contributed by atoms with Gasteiger partial charge in [-0.15, -0.1) is 0 Å². The molecule has 18 heavy (non-hydrogen) atoms. The van der Waals surface area contributed by atoms with Crippen molar-refractivity contribution >= 4 is 11.8 Å². The van der Waals surface area contributed by atoms with Crippen LogP contribution in [0.3, 0.4) is 0 Å². The van der Waals surface area contributed by atoms with Crippen LogP contribution in [0.2, 0.25) is 0 Å². The Kier molecular flexibility index (Phi) is 4.73. The van der Waals surface area contributed by atoms with Gasteiger partial charge in [0.1, 0.15) is 5.60 Å². The molecule has 0 saturated carbocycles. The average Bonchev–Trinajstić information content (AvgIpc) is 2.17. The standard InChI is InChI=1S/C14H21NO3/c1-10(16)9-11-7-5-6-8-12(11)15-13(17)18-14(2,3)4/h5-8,10,16H,9H2,1-4H3,(H,15,17). The van der Waals surface area contributed by atoms with E-state index in [4.69, 9.17) is 4.74 Å². The Morgan fingerprint density at radius 3 is 2.56 bits per heavy atom. The van der Waals surface area contributed by atoms with Crippen molar-refractivity contribution in [1.82, 2.24) is 0 Å². The van der Waals surface area contributed by atoms with Gasteiger partial charge in [0.15, 0.2) is 0 Å². The van der Waals surface area contributed by atoms with Crippen molar-refractivity contribution in [3.8, 4) is 0 Å². The van der Waals surface area contributed by atoms with Crippen LogP contribution in [0.4, 0.5) is 10.5 Å². The van der Waals surface area contributed by atoms with Gasteiger partial charge in [0.2, 0.25) is 0 Å². The van der Waals surface area contributed by atoms with Gasteiger partial charge in [-0.1, -0.05) is 18.2 Å². The Morgan fingerprint density at radius 2 is 2.00 bits per heavy atom. The molecule has 0 fully saturated rings. The number of ether oxygens (including phenoxy) is 1. The van der Waals surface area contributed by atoms with Crippen LogP contribution >= 0.6 is 0 Å². The number of aliphatic hydroxyl groups excluding tert-OH is 1. The lowest BCUT2D eigenvalue weighted by Crippen LogP contribution is -2.27. The Hall–Kier alpha value is -1.55. The Morgan fingerprint density at radius 1 is 1.39 bits per heavy atom. The van der Waals surface area contributed by atoms with Crippen LogP contribution in [-0.4, -0.2) is 22.9 Å². The van der Waals surface area contributed by atoms with Crippen LogP contribution in [-0.2, 0) is 11.2 Å². The van der Waals surface area contributed by atoms with Gasteiger partial charge in [0.25, 0.3) is 0 Å². The molecule has 1 unspecified atom stereocenters. The monoisotopic (exact) mass is 251 g/mol. The smallest absolute Gasteiger partial charge is 0.412 e. The van der Waals surface area contributed by atoms with Gasteiger partial charge in [-0.3, -0.25) is 5.32 Å². The zero-order chi connectivity index (χ0) is 13.8. The van der Waals surface area contributed by atoms with E-state index in [0.717, 1.165) is 5.56 Å². The molecule has 0 bridgehead atoms. The molecule has 4 nitrogen and oxygen atoms in total. The van der Waals surface area contributed by atoms with Gasteiger partial charge in [-0.05, 0) is 39.3 Å². The summed E-state index contributed by atoms with van der Waals surface area (Å²) in [6, 6.07) is 7.37. The normalized spacial score (nSPS) is 12.9. The van der Waals surface area contributed by atoms with E-state index >= 15 is 0 Å². The fraction of sp³-hybridized carbons (Fsp3) is 0.500. The zero-order valence-electron chi connectivity index (χ0n) is 11.4. The van der Waals surface area contributed by atoms with Crippen LogP contribution in [0.15, 0.2) is 24.3 Å². The summed E-state index contributed by atoms with van der Waals surface area (Å²) in [7, 11) is 0. The molecular formula is C14H21NO3. The lowest BCUT2D eigenvalue weighted by atomic mass is 10.1. The Labute approximate surface area is 108 Å². The fourth-order valence-electron chi connectivity index (χ4n) is 1.55. The number of aliphatic hydroxyl groups is 1. The van der Waals surface area contributed by atoms with Gasteiger partial charge in [0, 0.05) is 12.1 Å². The lowest BCUT2D eigenvalue weighted by Gasteiger charge is -2.20. The number of hydrogen-bond donors (Lipinski definition) is 2. The molecule has 0 aliphatic rings. The van der Waals surface area contributed by atoms with Crippen LogP contribution in [0.5, 0.6) is 0 Å². The minimum atomic E-state index is -0.525. The summed E-state index contributed by atoms with van der Waals surface area (Å²) >= 11 is 0. The Bertz CT molecular complexity index is 408. The number of carbonyl (C=O) groups excluding carboxylic acids is 1. The van der Waals surface area contributed by atoms with Gasteiger partial charge < -0.3 is 9.84 Å². The largest absolute Gasteiger partial charge is 0.444 e. The van der Waals surface area contributed by atoms with Crippen LogP contribution in [0, 0.1) is 0 Å². The lowest BCUT2D eigenvalue weighted by molar-refractivity contribution is 0.0635. The summed E-state index contributed by atoms with van der Waals surface area (Å²) < 4.78 is 5.19. The number of amides is 1. The van der Waals surface area contributed by atoms with Crippen molar-refractivity contribution in [3.05, 3.63) is 29.8 Å². The summed E-state index contributed by atoms with van der Waals surface area (Å²) in [5, 5.41) is 12.1. The molecule has 1 rings (SSSR count). The maximum Gasteiger partial charge on any atom is 0.412 e. The summed E-state index contributed by atoms with van der Waals surface area (Å²) in [5.41, 5.74) is 1.04. The van der Waals surface area contributed by atoms with Crippen molar-refractivity contribution in [1.29, 1.82) is 0 Å². The molecule has 1 amide bonds. The molecule has 2 N–H and O–H groups in total. The fourth-order valence-corrected chi connectivity index (χ4v) is 1.55. The number of para-hydroxylation sites is 1. The van der Waals surface area contributed by atoms with Gasteiger partial charge >= 0.3 is 6.09 Å². The number of benzene rings is 1. The minimum Gasteiger partial charge on any atom is -0.444 e. The third-order valence-corrected chi connectivity index (χ3v) is 2.17. The van der Waals surface area contributed by atoms with Crippen LogP contribution in [0.1, 0.15) is 33.3 Å². The SMILES string of the molecule is CC(O)Cc1ccccc1NC(=O)OC(C)(C)C. The van der Waals surface area contributed by atoms with Gasteiger partial charge in [-0.25, -0.2) is 4.79 Å². The molecule has 0 heterocycles. The zero-order valence-corrected chi connectivity index (χ0v) is 11.4. The quantitative estimate of drug-likeness (QED) is 0.868. The molecule has 0 aliphatic carbocycles. The highest BCUT2D eigenvalue weighted by Crippen LogP contribution is 2.18. The molecule has 0 saturated heterocycles. The number of anilines is 1. The first kappa shape index (κ1) is 14.5. The molecule has 1 atom stereocenters. The van der Waals surface area contributed by atoms with Crippen molar-refractivity contribution < 1.29 is 14.6 Å². The number of hydrogen-bond acceptors (Lipinski definition) is 3. The second-order valence-electron chi connectivity index (χ2n) is 5.34. The van der Waals surface area contributed by atoms with Crippen LogP contribution < -0.4 is 5.32 Å². The third kappa shape index (κ3) is 5.19. The summed E-state index contributed by atoms with van der Waals surface area (Å²) in [6.45, 7) is 7.15. The van der Waals surface area contributed by atoms with E-state index in [1.54, 1.807) is 13.0 Å². The van der Waals surface area contributed by atoms with E-state index in [1.807, 2.05) is 39.0 Å². The summed E-state index contributed by atoms with van der Waals surface area (Å²) in [5.74, 6) is 0. The van der Waals surface area contributed by atoms with Gasteiger partial charge in [0.05, 0.1) is 6.10 Å². The van der Waals surface area contributed by atoms with E-state index in [1.165, 1.54) is 0 Å². The molecular weight excluding hydrogens is 230 g/mol. The highest BCUT2D eigenvalue weighted by molar-refractivity contribution is 5.85. The van der Waals surface area contributed by atoms with Crippen molar-refractivity contribution in [2.75, 3.05) is 5.32 Å². The molecule has 0 aromatic heterocycles. The van der Waals surface area contributed by atoms with E-state index < -0.39 is 17.8 Å². The molecule has 1 aromatic carbocycles. The predicted molar refractivity (Wildman–Crippen MR) is 71.7 cm³/mol. The Balaban J connectivity index is 2.75. The molecule has 100 valence electrons. The van der Waals surface area contributed by atoms with Crippen molar-refractivity contribution in [2.45, 2.75) is 45.8 Å². The maximum absolute atomic E-state index is 11.7. The van der Waals surface area contributed by atoms with Gasteiger partial charge in [-0.2, -0.15) is 0 Å². The van der Waals surface area contributed by atoms with E-state index in [2.05, 4.69) is 5.32 Å². The van der Waals surface area contributed by atoms with E-state index in [-0.39, 0.29) is 0 Å². The topological polar surface area (TPSA) is 58.6 Å². The van der Waals surface area contributed by atoms with Crippen molar-refractivity contribution in [2.24, 2.45) is 0 Å². The summed E-state index contributed by atoms with van der Waals surface area (Å²) in [4.78, 5) is 11.7. The minimum absolute atomic E-state index is 0.452. The van der Waals surface area contributed by atoms with Crippen LogP contribution in [0.25, 0.3) is 0 Å². The molecule has 0 radical (unpaired) electrons. The number of carbonyl (C=O) groups is 1. The van der Waals surface area contributed by atoms with Crippen molar-refractivity contribution in [3.63, 3.8) is 0 Å². The molecule has 0 spiro atoms. The predicted octanol–water partition coefficient (Wildman–Crippen LogP) is 2.96.